The smallest absolute Gasteiger partial charge is 0.273 e. The minimum atomic E-state index is -0.325. The van der Waals surface area contributed by atoms with Gasteiger partial charge in [0.25, 0.3) is 5.91 Å². The van der Waals surface area contributed by atoms with Gasteiger partial charge in [0.1, 0.15) is 6.61 Å². The normalized spacial score (nSPS) is 16.0. The van der Waals surface area contributed by atoms with Crippen molar-refractivity contribution in [3.05, 3.63) is 52.9 Å². The van der Waals surface area contributed by atoms with Crippen LogP contribution in [0.15, 0.2) is 34.9 Å². The Bertz CT molecular complexity index is 812. The van der Waals surface area contributed by atoms with Gasteiger partial charge in [0.2, 0.25) is 5.91 Å². The van der Waals surface area contributed by atoms with E-state index in [1.54, 1.807) is 11.0 Å². The lowest BCUT2D eigenvalue weighted by Gasteiger charge is -2.24. The third-order valence-electron chi connectivity index (χ3n) is 4.78. The Balaban J connectivity index is 1.57. The van der Waals surface area contributed by atoms with Gasteiger partial charge >= 0.3 is 0 Å². The van der Waals surface area contributed by atoms with Gasteiger partial charge in [-0.1, -0.05) is 35.0 Å². The van der Waals surface area contributed by atoms with Crippen LogP contribution in [0.1, 0.15) is 40.2 Å². The summed E-state index contributed by atoms with van der Waals surface area (Å²) in [6, 6.07) is 9.49. The maximum absolute atomic E-state index is 12.4. The standard InChI is InChI=1S/C21H27N3O5/c1-15-5-7-16(8-6-15)11-22-21(26)19-10-18(29-23-19)13-24(20(25)14-27-2)12-17-4-3-9-28-17/h5-8,10,17H,3-4,9,11-14H2,1-2H3,(H,22,26). The summed E-state index contributed by atoms with van der Waals surface area (Å²) in [5, 5.41) is 6.67. The number of ether oxygens (including phenoxy) is 2. The zero-order valence-corrected chi connectivity index (χ0v) is 16.8. The van der Waals surface area contributed by atoms with Gasteiger partial charge in [-0.3, -0.25) is 9.59 Å². The second-order valence-corrected chi connectivity index (χ2v) is 7.19. The SMILES string of the molecule is COCC(=O)N(Cc1cc(C(=O)NCc2ccc(C)cc2)no1)CC1CCCO1. The van der Waals surface area contributed by atoms with E-state index in [4.69, 9.17) is 14.0 Å². The Labute approximate surface area is 170 Å². The molecule has 2 heterocycles. The predicted molar refractivity (Wildman–Crippen MR) is 105 cm³/mol. The summed E-state index contributed by atoms with van der Waals surface area (Å²) in [5.41, 5.74) is 2.35. The summed E-state index contributed by atoms with van der Waals surface area (Å²) in [5.74, 6) is -0.0489. The third-order valence-corrected chi connectivity index (χ3v) is 4.78. The lowest BCUT2D eigenvalue weighted by atomic mass is 10.1. The molecule has 1 fully saturated rings. The Morgan fingerprint density at radius 3 is 2.79 bits per heavy atom. The van der Waals surface area contributed by atoms with Crippen LogP contribution in [-0.2, 0) is 27.4 Å². The van der Waals surface area contributed by atoms with Gasteiger partial charge in [-0.05, 0) is 25.3 Å². The number of aryl methyl sites for hydroxylation is 1. The average Bonchev–Trinajstić information content (AvgIpc) is 3.39. The van der Waals surface area contributed by atoms with Gasteiger partial charge in [0, 0.05) is 32.9 Å². The number of aromatic nitrogens is 1. The van der Waals surface area contributed by atoms with E-state index >= 15 is 0 Å². The molecule has 0 aliphatic carbocycles. The molecule has 1 atom stereocenters. The highest BCUT2D eigenvalue weighted by molar-refractivity contribution is 5.92. The molecule has 1 saturated heterocycles. The van der Waals surface area contributed by atoms with Gasteiger partial charge in [0.05, 0.1) is 12.6 Å². The van der Waals surface area contributed by atoms with Gasteiger partial charge in [-0.2, -0.15) is 0 Å². The molecule has 0 spiro atoms. The molecule has 1 aliphatic rings. The molecule has 1 aromatic carbocycles. The van der Waals surface area contributed by atoms with Crippen molar-refractivity contribution in [1.29, 1.82) is 0 Å². The molecule has 156 valence electrons. The highest BCUT2D eigenvalue weighted by Crippen LogP contribution is 2.16. The Kier molecular flexibility index (Phi) is 7.37. The first kappa shape index (κ1) is 21.0. The Hall–Kier alpha value is -2.71. The average molecular weight is 401 g/mol. The van der Waals surface area contributed by atoms with Crippen LogP contribution in [0, 0.1) is 6.92 Å². The molecule has 1 N–H and O–H groups in total. The summed E-state index contributed by atoms with van der Waals surface area (Å²) in [4.78, 5) is 26.3. The Morgan fingerprint density at radius 2 is 2.10 bits per heavy atom. The fourth-order valence-corrected chi connectivity index (χ4v) is 3.16. The molecule has 0 saturated carbocycles. The zero-order valence-electron chi connectivity index (χ0n) is 16.8. The third kappa shape index (κ3) is 6.13. The number of rotatable bonds is 9. The topological polar surface area (TPSA) is 93.9 Å². The number of nitrogens with one attached hydrogen (secondary N) is 1. The van der Waals surface area contributed by atoms with Crippen molar-refractivity contribution in [2.45, 2.75) is 39.0 Å². The zero-order chi connectivity index (χ0) is 20.6. The second-order valence-electron chi connectivity index (χ2n) is 7.19. The van der Waals surface area contributed by atoms with Crippen molar-refractivity contribution < 1.29 is 23.6 Å². The van der Waals surface area contributed by atoms with Crippen LogP contribution >= 0.6 is 0 Å². The van der Waals surface area contributed by atoms with Crippen LogP contribution in [0.2, 0.25) is 0 Å². The molecule has 29 heavy (non-hydrogen) atoms. The maximum Gasteiger partial charge on any atom is 0.273 e. The van der Waals surface area contributed by atoms with Crippen molar-refractivity contribution in [2.24, 2.45) is 0 Å². The van der Waals surface area contributed by atoms with E-state index in [1.165, 1.54) is 7.11 Å². The first-order valence-electron chi connectivity index (χ1n) is 9.73. The lowest BCUT2D eigenvalue weighted by Crippen LogP contribution is -2.38. The quantitative estimate of drug-likeness (QED) is 0.691. The number of hydrogen-bond acceptors (Lipinski definition) is 6. The number of amides is 2. The molecule has 0 radical (unpaired) electrons. The first-order chi connectivity index (χ1) is 14.0. The van der Waals surface area contributed by atoms with Crippen LogP contribution < -0.4 is 5.32 Å². The van der Waals surface area contributed by atoms with Crippen molar-refractivity contribution in [1.82, 2.24) is 15.4 Å². The monoisotopic (exact) mass is 401 g/mol. The molecule has 1 aromatic heterocycles. The van der Waals surface area contributed by atoms with E-state index in [0.29, 0.717) is 25.5 Å². The summed E-state index contributed by atoms with van der Waals surface area (Å²) in [6.07, 6.45) is 1.92. The Morgan fingerprint density at radius 1 is 1.31 bits per heavy atom. The van der Waals surface area contributed by atoms with E-state index in [9.17, 15) is 9.59 Å². The highest BCUT2D eigenvalue weighted by atomic mass is 16.5. The van der Waals surface area contributed by atoms with E-state index < -0.39 is 0 Å². The van der Waals surface area contributed by atoms with Crippen molar-refractivity contribution in [3.63, 3.8) is 0 Å². The van der Waals surface area contributed by atoms with Crippen LogP contribution in [-0.4, -0.2) is 54.8 Å². The van der Waals surface area contributed by atoms with E-state index in [2.05, 4.69) is 10.5 Å². The van der Waals surface area contributed by atoms with Gasteiger partial charge in [-0.25, -0.2) is 0 Å². The van der Waals surface area contributed by atoms with E-state index in [1.807, 2.05) is 31.2 Å². The summed E-state index contributed by atoms with van der Waals surface area (Å²) < 4.78 is 15.9. The molecule has 8 nitrogen and oxygen atoms in total. The van der Waals surface area contributed by atoms with Gasteiger partial charge < -0.3 is 24.2 Å². The maximum atomic E-state index is 12.4. The van der Waals surface area contributed by atoms with Gasteiger partial charge in [0.15, 0.2) is 11.5 Å². The van der Waals surface area contributed by atoms with Crippen LogP contribution in [0.25, 0.3) is 0 Å². The number of carbonyl (C=O) groups excluding carboxylic acids is 2. The molecule has 1 aliphatic heterocycles. The van der Waals surface area contributed by atoms with Crippen LogP contribution in [0.3, 0.4) is 0 Å². The minimum absolute atomic E-state index is 0.0102. The molecule has 8 heteroatoms. The van der Waals surface area contributed by atoms with Crippen molar-refractivity contribution in [3.8, 4) is 0 Å². The summed E-state index contributed by atoms with van der Waals surface area (Å²) >= 11 is 0. The van der Waals surface area contributed by atoms with E-state index in [0.717, 1.165) is 24.0 Å². The first-order valence-corrected chi connectivity index (χ1v) is 9.73. The number of nitrogens with zero attached hydrogens (tertiary/aromatic N) is 2. The molecule has 2 aromatic rings. The number of methoxy groups -OCH3 is 1. The fraction of sp³-hybridized carbons (Fsp3) is 0.476. The number of carbonyl (C=O) groups is 2. The second kappa shape index (κ2) is 10.2. The highest BCUT2D eigenvalue weighted by Gasteiger charge is 2.24. The molecular weight excluding hydrogens is 374 g/mol. The minimum Gasteiger partial charge on any atom is -0.376 e. The molecule has 0 bridgehead atoms. The van der Waals surface area contributed by atoms with Crippen LogP contribution in [0.4, 0.5) is 0 Å². The number of hydrogen-bond donors (Lipinski definition) is 1. The molecule has 2 amide bonds. The van der Waals surface area contributed by atoms with Crippen LogP contribution in [0.5, 0.6) is 0 Å². The summed E-state index contributed by atoms with van der Waals surface area (Å²) in [7, 11) is 1.48. The van der Waals surface area contributed by atoms with Crippen molar-refractivity contribution >= 4 is 11.8 Å². The molecular formula is C21H27N3O5. The largest absolute Gasteiger partial charge is 0.376 e. The summed E-state index contributed by atoms with van der Waals surface area (Å²) in [6.45, 7) is 3.77. The van der Waals surface area contributed by atoms with Crippen molar-refractivity contribution in [2.75, 3.05) is 26.9 Å². The number of benzene rings is 1. The molecule has 1 unspecified atom stereocenters. The lowest BCUT2D eigenvalue weighted by molar-refractivity contribution is -0.137. The predicted octanol–water partition coefficient (Wildman–Crippen LogP) is 2.07. The fourth-order valence-electron chi connectivity index (χ4n) is 3.16. The molecule has 3 rings (SSSR count). The van der Waals surface area contributed by atoms with Gasteiger partial charge in [-0.15, -0.1) is 0 Å². The van der Waals surface area contributed by atoms with E-state index in [-0.39, 0.29) is 36.8 Å².